The molecule has 0 aromatic heterocycles. The zero-order valence-corrected chi connectivity index (χ0v) is 23.4. The summed E-state index contributed by atoms with van der Waals surface area (Å²) in [7, 11) is -4.05. The van der Waals surface area contributed by atoms with E-state index in [9.17, 15) is 12.8 Å². The second-order valence-electron chi connectivity index (χ2n) is 9.58. The van der Waals surface area contributed by atoms with Crippen molar-refractivity contribution in [3.05, 3.63) is 0 Å². The third kappa shape index (κ3) is 25.3. The van der Waals surface area contributed by atoms with Gasteiger partial charge < -0.3 is 1.43 Å². The second-order valence-corrected chi connectivity index (χ2v) is 11.3. The summed E-state index contributed by atoms with van der Waals surface area (Å²) < 4.78 is 42.7. The molecule has 0 heterocycles. The molecule has 0 aliphatic heterocycles. The van der Waals surface area contributed by atoms with Crippen LogP contribution in [0.1, 0.15) is 163 Å². The topological polar surface area (TPSA) is 43.4 Å². The number of hydrogen-bond donors (Lipinski definition) is 0. The smallest absolute Gasteiger partial charge is 1.00 e. The summed E-state index contributed by atoms with van der Waals surface area (Å²) in [5.74, 6) is 0. The Morgan fingerprint density at radius 1 is 0.576 bits per heavy atom. The Labute approximate surface area is 220 Å². The maximum absolute atomic E-state index is 14.0. The van der Waals surface area contributed by atoms with Crippen molar-refractivity contribution in [2.45, 2.75) is 167 Å². The van der Waals surface area contributed by atoms with Crippen LogP contribution >= 0.6 is 0 Å². The molecule has 0 amide bonds. The summed E-state index contributed by atoms with van der Waals surface area (Å²) in [6, 6.07) is 0. The summed E-state index contributed by atoms with van der Waals surface area (Å²) in [5.41, 5.74) is -1.87. The van der Waals surface area contributed by atoms with Gasteiger partial charge in [-0.1, -0.05) is 142 Å². The van der Waals surface area contributed by atoms with Crippen molar-refractivity contribution in [3.8, 4) is 0 Å². The summed E-state index contributed by atoms with van der Waals surface area (Å²) in [6.07, 6.45) is 26.4. The van der Waals surface area contributed by atoms with E-state index >= 15 is 0 Å². The largest absolute Gasteiger partial charge is 1.00 e. The minimum absolute atomic E-state index is 0. The zero-order valence-electron chi connectivity index (χ0n) is 23.6. The van der Waals surface area contributed by atoms with Gasteiger partial charge in [0, 0.05) is 0 Å². The van der Waals surface area contributed by atoms with Gasteiger partial charge in [0.05, 0.1) is 6.61 Å². The fraction of sp³-hybridized carbons (Fsp3) is 1.00. The molecule has 1 atom stereocenters. The van der Waals surface area contributed by atoms with E-state index in [1.54, 1.807) is 0 Å². The van der Waals surface area contributed by atoms with Gasteiger partial charge in [0.25, 0.3) is 10.1 Å². The van der Waals surface area contributed by atoms with Crippen LogP contribution in [0.25, 0.3) is 0 Å². The van der Waals surface area contributed by atoms with Crippen molar-refractivity contribution in [1.82, 2.24) is 0 Å². The van der Waals surface area contributed by atoms with E-state index in [1.807, 2.05) is 0 Å². The van der Waals surface area contributed by atoms with E-state index in [4.69, 9.17) is 4.18 Å². The molecule has 0 aliphatic carbocycles. The molecule has 6 heteroatoms. The van der Waals surface area contributed by atoms with Crippen molar-refractivity contribution in [3.63, 3.8) is 0 Å². The maximum atomic E-state index is 14.0. The standard InChI is InChI=1S/C27H55FO3S.Li.H/c1-3-5-7-9-11-12-13-14-15-16-17-18-20-22-24-26-31-32(29,30)27(28)25-23-21-19-10-8-6-4-2;;/h27H,3-26H2,1-2H3;;/q;+1;-1. The quantitative estimate of drug-likeness (QED) is 0.0771. The van der Waals surface area contributed by atoms with Crippen molar-refractivity contribution < 1.29 is 37.3 Å². The Bertz CT molecular complexity index is 480. The van der Waals surface area contributed by atoms with Gasteiger partial charge in [0.2, 0.25) is 5.50 Å². The first-order chi connectivity index (χ1) is 15.5. The van der Waals surface area contributed by atoms with E-state index in [1.165, 1.54) is 96.3 Å². The Balaban J connectivity index is -0.00000480. The molecule has 0 saturated heterocycles. The summed E-state index contributed by atoms with van der Waals surface area (Å²) in [5, 5.41) is 0. The van der Waals surface area contributed by atoms with Gasteiger partial charge in [0.1, 0.15) is 0 Å². The minimum Gasteiger partial charge on any atom is -1.00 e. The third-order valence-corrected chi connectivity index (χ3v) is 7.70. The summed E-state index contributed by atoms with van der Waals surface area (Å²) in [6.45, 7) is 4.56. The predicted molar refractivity (Wildman–Crippen MR) is 138 cm³/mol. The number of rotatable bonds is 26. The third-order valence-electron chi connectivity index (χ3n) is 6.34. The van der Waals surface area contributed by atoms with Crippen LogP contribution in [0.4, 0.5) is 4.39 Å². The summed E-state index contributed by atoms with van der Waals surface area (Å²) in [4.78, 5) is 0. The average molecular weight is 487 g/mol. The number of alkyl halides is 1. The van der Waals surface area contributed by atoms with Crippen molar-refractivity contribution in [2.75, 3.05) is 6.61 Å². The molecule has 0 bridgehead atoms. The van der Waals surface area contributed by atoms with Gasteiger partial charge in [-0.2, -0.15) is 8.42 Å². The second kappa shape index (κ2) is 27.0. The van der Waals surface area contributed by atoms with Crippen LogP contribution in [0.3, 0.4) is 0 Å². The maximum Gasteiger partial charge on any atom is 1.00 e. The van der Waals surface area contributed by atoms with Gasteiger partial charge in [0.15, 0.2) is 0 Å². The first kappa shape index (κ1) is 35.6. The van der Waals surface area contributed by atoms with Crippen molar-refractivity contribution >= 4 is 10.1 Å². The SMILES string of the molecule is CCCCCCCCCCCCCCCCCOS(=O)(=O)C(F)CCCCCCCCC.[H-].[Li+]. The van der Waals surface area contributed by atoms with E-state index in [2.05, 4.69) is 13.8 Å². The molecule has 3 nitrogen and oxygen atoms in total. The van der Waals surface area contributed by atoms with Gasteiger partial charge in [-0.25, -0.2) is 4.39 Å². The molecule has 0 saturated carbocycles. The first-order valence-corrected chi connectivity index (χ1v) is 15.5. The van der Waals surface area contributed by atoms with Gasteiger partial charge in [-0.05, 0) is 19.3 Å². The molecular formula is C27H56FLiO3S. The molecule has 0 rings (SSSR count). The van der Waals surface area contributed by atoms with Crippen molar-refractivity contribution in [2.24, 2.45) is 0 Å². The van der Waals surface area contributed by atoms with E-state index < -0.39 is 15.6 Å². The van der Waals surface area contributed by atoms with Crippen LogP contribution in [0.5, 0.6) is 0 Å². The number of halogens is 1. The molecular weight excluding hydrogens is 430 g/mol. The minimum atomic E-state index is -4.05. The van der Waals surface area contributed by atoms with Crippen LogP contribution in [0.15, 0.2) is 0 Å². The van der Waals surface area contributed by atoms with E-state index in [0.29, 0.717) is 12.8 Å². The molecule has 0 fully saturated rings. The molecule has 0 aromatic rings. The predicted octanol–water partition coefficient (Wildman–Crippen LogP) is 6.76. The Morgan fingerprint density at radius 3 is 1.24 bits per heavy atom. The van der Waals surface area contributed by atoms with Crippen LogP contribution in [0, 0.1) is 0 Å². The molecule has 0 radical (unpaired) electrons. The Kier molecular flexibility index (Phi) is 29.2. The van der Waals surface area contributed by atoms with Gasteiger partial charge >= 0.3 is 18.9 Å². The number of unbranched alkanes of at least 4 members (excludes halogenated alkanes) is 20. The zero-order chi connectivity index (χ0) is 23.8. The molecule has 0 aromatic carbocycles. The Hall–Kier alpha value is 0.437. The van der Waals surface area contributed by atoms with Crippen LogP contribution in [0.2, 0.25) is 0 Å². The fourth-order valence-corrected chi connectivity index (χ4v) is 5.08. The van der Waals surface area contributed by atoms with E-state index in [-0.39, 0.29) is 33.3 Å². The molecule has 0 N–H and O–H groups in total. The molecule has 0 spiro atoms. The normalized spacial score (nSPS) is 12.6. The van der Waals surface area contributed by atoms with Crippen molar-refractivity contribution in [1.29, 1.82) is 0 Å². The fourth-order valence-electron chi connectivity index (χ4n) is 4.13. The molecule has 1 unspecified atom stereocenters. The molecule has 196 valence electrons. The average Bonchev–Trinajstić information content (AvgIpc) is 2.78. The first-order valence-electron chi connectivity index (χ1n) is 14.1. The molecule has 0 aliphatic rings. The van der Waals surface area contributed by atoms with Crippen LogP contribution in [-0.4, -0.2) is 20.5 Å². The monoisotopic (exact) mass is 486 g/mol. The van der Waals surface area contributed by atoms with Crippen LogP contribution in [-0.2, 0) is 14.3 Å². The molecule has 33 heavy (non-hydrogen) atoms. The van der Waals surface area contributed by atoms with Gasteiger partial charge in [-0.15, -0.1) is 0 Å². The van der Waals surface area contributed by atoms with Gasteiger partial charge in [-0.3, -0.25) is 4.18 Å². The number of hydrogen-bond acceptors (Lipinski definition) is 3. The van der Waals surface area contributed by atoms with Crippen LogP contribution < -0.4 is 18.9 Å². The van der Waals surface area contributed by atoms with E-state index in [0.717, 1.165) is 32.1 Å². The summed E-state index contributed by atoms with van der Waals surface area (Å²) >= 11 is 0. The Morgan fingerprint density at radius 2 is 0.879 bits per heavy atom.